The van der Waals surface area contributed by atoms with Crippen LogP contribution in [0, 0.1) is 5.92 Å². The summed E-state index contributed by atoms with van der Waals surface area (Å²) in [4.78, 5) is 0. The van der Waals surface area contributed by atoms with Gasteiger partial charge in [0.05, 0.1) is 18.0 Å². The fourth-order valence-electron chi connectivity index (χ4n) is 1.97. The highest BCUT2D eigenvalue weighted by Gasteiger charge is 2.20. The van der Waals surface area contributed by atoms with Crippen LogP contribution in [0.25, 0.3) is 5.69 Å². The Bertz CT molecular complexity index is 482. The van der Waals surface area contributed by atoms with Gasteiger partial charge in [-0.25, -0.2) is 4.68 Å². The van der Waals surface area contributed by atoms with E-state index in [1.54, 1.807) is 18.0 Å². The molecule has 1 N–H and O–H groups in total. The number of aliphatic hydroxyl groups is 1. The lowest BCUT2D eigenvalue weighted by molar-refractivity contribution is 0.0526. The Kier molecular flexibility index (Phi) is 4.12. The van der Waals surface area contributed by atoms with Crippen LogP contribution in [0.5, 0.6) is 0 Å². The Morgan fingerprint density at radius 3 is 2.67 bits per heavy atom. The molecule has 2 unspecified atom stereocenters. The van der Waals surface area contributed by atoms with Gasteiger partial charge >= 0.3 is 0 Å². The Hall–Kier alpha value is -1.65. The number of aliphatic hydroxyl groups excluding tert-OH is 1. The van der Waals surface area contributed by atoms with Gasteiger partial charge < -0.3 is 9.84 Å². The van der Waals surface area contributed by atoms with Gasteiger partial charge in [-0.2, -0.15) is 5.10 Å². The van der Waals surface area contributed by atoms with Crippen molar-refractivity contribution < 1.29 is 9.84 Å². The molecule has 2 aromatic rings. The van der Waals surface area contributed by atoms with E-state index in [4.69, 9.17) is 4.74 Å². The van der Waals surface area contributed by atoms with Crippen molar-refractivity contribution in [2.24, 2.45) is 5.92 Å². The van der Waals surface area contributed by atoms with Crippen LogP contribution in [0.4, 0.5) is 0 Å². The van der Waals surface area contributed by atoms with Gasteiger partial charge in [0.25, 0.3) is 0 Å². The monoisotopic (exact) mass is 246 g/mol. The molecule has 1 heterocycles. The fraction of sp³-hybridized carbons (Fsp3) is 0.357. The topological polar surface area (TPSA) is 47.3 Å². The van der Waals surface area contributed by atoms with Crippen LogP contribution < -0.4 is 0 Å². The third-order valence-electron chi connectivity index (χ3n) is 2.94. The van der Waals surface area contributed by atoms with E-state index in [9.17, 15) is 5.11 Å². The molecule has 4 heteroatoms. The average Bonchev–Trinajstić information content (AvgIpc) is 2.88. The SMILES string of the molecule is COCC(C)C(O)c1ccnn1-c1ccccc1. The molecule has 0 amide bonds. The number of hydrogen-bond donors (Lipinski definition) is 1. The van der Waals surface area contributed by atoms with Crippen molar-refractivity contribution in [1.29, 1.82) is 0 Å². The number of ether oxygens (including phenoxy) is 1. The van der Waals surface area contributed by atoms with Gasteiger partial charge in [0.1, 0.15) is 6.10 Å². The predicted molar refractivity (Wildman–Crippen MR) is 69.6 cm³/mol. The van der Waals surface area contributed by atoms with E-state index < -0.39 is 6.10 Å². The number of nitrogens with zero attached hydrogens (tertiary/aromatic N) is 2. The Morgan fingerprint density at radius 2 is 2.00 bits per heavy atom. The second-order valence-corrected chi connectivity index (χ2v) is 4.38. The smallest absolute Gasteiger partial charge is 0.101 e. The second-order valence-electron chi connectivity index (χ2n) is 4.38. The maximum atomic E-state index is 10.3. The van der Waals surface area contributed by atoms with E-state index in [1.165, 1.54) is 0 Å². The van der Waals surface area contributed by atoms with Crippen molar-refractivity contribution in [1.82, 2.24) is 9.78 Å². The zero-order chi connectivity index (χ0) is 13.0. The quantitative estimate of drug-likeness (QED) is 0.879. The summed E-state index contributed by atoms with van der Waals surface area (Å²) in [5, 5.41) is 14.6. The molecule has 96 valence electrons. The summed E-state index contributed by atoms with van der Waals surface area (Å²) in [7, 11) is 1.64. The molecule has 0 aliphatic heterocycles. The molecule has 2 rings (SSSR count). The highest BCUT2D eigenvalue weighted by molar-refractivity contribution is 5.32. The Balaban J connectivity index is 2.28. The van der Waals surface area contributed by atoms with Gasteiger partial charge in [0.15, 0.2) is 0 Å². The summed E-state index contributed by atoms with van der Waals surface area (Å²) in [6.07, 6.45) is 1.11. The summed E-state index contributed by atoms with van der Waals surface area (Å²) in [6.45, 7) is 2.47. The summed E-state index contributed by atoms with van der Waals surface area (Å²) in [5.41, 5.74) is 1.73. The minimum Gasteiger partial charge on any atom is -0.386 e. The Morgan fingerprint density at radius 1 is 1.28 bits per heavy atom. The highest BCUT2D eigenvalue weighted by Crippen LogP contribution is 2.23. The number of hydrogen-bond acceptors (Lipinski definition) is 3. The first-order valence-corrected chi connectivity index (χ1v) is 6.00. The summed E-state index contributed by atoms with van der Waals surface area (Å²) >= 11 is 0. The largest absolute Gasteiger partial charge is 0.386 e. The third kappa shape index (κ3) is 2.60. The van der Waals surface area contributed by atoms with Crippen LogP contribution in [0.3, 0.4) is 0 Å². The van der Waals surface area contributed by atoms with Gasteiger partial charge in [0.2, 0.25) is 0 Å². The first-order chi connectivity index (χ1) is 8.74. The van der Waals surface area contributed by atoms with E-state index >= 15 is 0 Å². The molecule has 0 fully saturated rings. The minimum absolute atomic E-state index is 0.0224. The number of benzene rings is 1. The first-order valence-electron chi connectivity index (χ1n) is 6.00. The molecule has 4 nitrogen and oxygen atoms in total. The summed E-state index contributed by atoms with van der Waals surface area (Å²) in [5.74, 6) is 0.0224. The van der Waals surface area contributed by atoms with Gasteiger partial charge in [0, 0.05) is 19.2 Å². The van der Waals surface area contributed by atoms with Gasteiger partial charge in [-0.15, -0.1) is 0 Å². The van der Waals surface area contributed by atoms with Crippen molar-refractivity contribution in [3.63, 3.8) is 0 Å². The molecule has 0 bridgehead atoms. The lowest BCUT2D eigenvalue weighted by Gasteiger charge is -2.19. The highest BCUT2D eigenvalue weighted by atomic mass is 16.5. The molecule has 0 aliphatic rings. The molecule has 0 aliphatic carbocycles. The van der Waals surface area contributed by atoms with Crippen LogP contribution in [0.2, 0.25) is 0 Å². The molecular formula is C14H18N2O2. The van der Waals surface area contributed by atoms with Crippen LogP contribution in [-0.4, -0.2) is 28.6 Å². The van der Waals surface area contributed by atoms with Gasteiger partial charge in [-0.1, -0.05) is 25.1 Å². The summed E-state index contributed by atoms with van der Waals surface area (Å²) in [6, 6.07) is 11.6. The zero-order valence-corrected chi connectivity index (χ0v) is 10.7. The number of aromatic nitrogens is 2. The molecule has 0 radical (unpaired) electrons. The van der Waals surface area contributed by atoms with E-state index in [0.29, 0.717) is 6.61 Å². The molecule has 1 aromatic carbocycles. The first kappa shape index (κ1) is 12.8. The molecule has 18 heavy (non-hydrogen) atoms. The lowest BCUT2D eigenvalue weighted by Crippen LogP contribution is -2.17. The van der Waals surface area contributed by atoms with Crippen molar-refractivity contribution >= 4 is 0 Å². The molecular weight excluding hydrogens is 228 g/mol. The van der Waals surface area contributed by atoms with Crippen molar-refractivity contribution in [2.75, 3.05) is 13.7 Å². The normalized spacial score (nSPS) is 14.4. The van der Waals surface area contributed by atoms with Crippen LogP contribution in [0.15, 0.2) is 42.6 Å². The number of rotatable bonds is 5. The number of para-hydroxylation sites is 1. The third-order valence-corrected chi connectivity index (χ3v) is 2.94. The minimum atomic E-state index is -0.590. The van der Waals surface area contributed by atoms with Crippen molar-refractivity contribution in [3.05, 3.63) is 48.3 Å². The molecule has 0 saturated heterocycles. The van der Waals surface area contributed by atoms with Crippen LogP contribution in [0.1, 0.15) is 18.7 Å². The van der Waals surface area contributed by atoms with Crippen LogP contribution >= 0.6 is 0 Å². The molecule has 2 atom stereocenters. The zero-order valence-electron chi connectivity index (χ0n) is 10.7. The van der Waals surface area contributed by atoms with Crippen molar-refractivity contribution in [3.8, 4) is 5.69 Å². The average molecular weight is 246 g/mol. The van der Waals surface area contributed by atoms with E-state index in [1.807, 2.05) is 43.3 Å². The van der Waals surface area contributed by atoms with E-state index in [0.717, 1.165) is 11.4 Å². The molecule has 0 saturated carbocycles. The number of methoxy groups -OCH3 is 1. The van der Waals surface area contributed by atoms with E-state index in [2.05, 4.69) is 5.10 Å². The summed E-state index contributed by atoms with van der Waals surface area (Å²) < 4.78 is 6.84. The standard InChI is InChI=1S/C14H18N2O2/c1-11(10-18-2)14(17)13-8-9-15-16(13)12-6-4-3-5-7-12/h3-9,11,14,17H,10H2,1-2H3. The fourth-order valence-corrected chi connectivity index (χ4v) is 1.97. The van der Waals surface area contributed by atoms with Gasteiger partial charge in [-0.3, -0.25) is 0 Å². The second kappa shape index (κ2) is 5.80. The lowest BCUT2D eigenvalue weighted by atomic mass is 10.0. The van der Waals surface area contributed by atoms with Gasteiger partial charge in [-0.05, 0) is 18.2 Å². The van der Waals surface area contributed by atoms with E-state index in [-0.39, 0.29) is 5.92 Å². The molecule has 1 aromatic heterocycles. The maximum absolute atomic E-state index is 10.3. The van der Waals surface area contributed by atoms with Crippen molar-refractivity contribution in [2.45, 2.75) is 13.0 Å². The van der Waals surface area contributed by atoms with Crippen LogP contribution in [-0.2, 0) is 4.74 Å². The predicted octanol–water partition coefficient (Wildman–Crippen LogP) is 2.19. The Labute approximate surface area is 107 Å². The molecule has 0 spiro atoms. The maximum Gasteiger partial charge on any atom is 0.101 e.